The van der Waals surface area contributed by atoms with Crippen LogP contribution in [0.25, 0.3) is 11.1 Å². The molecule has 2 aromatic carbocycles. The number of amides is 3. The van der Waals surface area contributed by atoms with Crippen LogP contribution >= 0.6 is 11.6 Å². The summed E-state index contributed by atoms with van der Waals surface area (Å²) < 4.78 is 54.9. The minimum atomic E-state index is -3.59. The molecule has 0 saturated carbocycles. The topological polar surface area (TPSA) is 120 Å². The Morgan fingerprint density at radius 3 is 2.57 bits per heavy atom. The lowest BCUT2D eigenvalue weighted by atomic mass is 10.0. The number of anilines is 3. The number of benzene rings is 2. The number of hydrogen-bond acceptors (Lipinski definition) is 5. The van der Waals surface area contributed by atoms with Crippen molar-refractivity contribution in [2.24, 2.45) is 0 Å². The van der Waals surface area contributed by atoms with E-state index in [2.05, 4.69) is 20.3 Å². The Kier molecular flexibility index (Phi) is 7.60. The predicted octanol–water partition coefficient (Wildman–Crippen LogP) is 4.37. The number of nitrogens with zero attached hydrogens (tertiary/aromatic N) is 2. The number of hydrogen-bond donors (Lipinski definition) is 3. The zero-order chi connectivity index (χ0) is 26.7. The van der Waals surface area contributed by atoms with E-state index in [1.165, 1.54) is 29.3 Å². The minimum Gasteiger partial charge on any atom is -0.326 e. The van der Waals surface area contributed by atoms with Gasteiger partial charge < -0.3 is 10.2 Å². The van der Waals surface area contributed by atoms with Gasteiger partial charge in [-0.2, -0.15) is 0 Å². The van der Waals surface area contributed by atoms with Gasteiger partial charge in [-0.15, -0.1) is 0 Å². The lowest BCUT2D eigenvalue weighted by Gasteiger charge is -2.32. The van der Waals surface area contributed by atoms with Crippen LogP contribution in [0.3, 0.4) is 0 Å². The predicted molar refractivity (Wildman–Crippen MR) is 137 cm³/mol. The van der Waals surface area contributed by atoms with Gasteiger partial charge in [-0.05, 0) is 43.2 Å². The van der Waals surface area contributed by atoms with E-state index in [1.807, 2.05) is 0 Å². The van der Waals surface area contributed by atoms with E-state index in [-0.39, 0.29) is 27.8 Å². The van der Waals surface area contributed by atoms with Gasteiger partial charge in [0.1, 0.15) is 11.9 Å². The van der Waals surface area contributed by atoms with Gasteiger partial charge in [0.15, 0.2) is 11.6 Å². The summed E-state index contributed by atoms with van der Waals surface area (Å²) in [5, 5.41) is 4.81. The van der Waals surface area contributed by atoms with Gasteiger partial charge in [-0.3, -0.25) is 14.8 Å². The maximum Gasteiger partial charge on any atom is 0.321 e. The molecular weight excluding hydrogens is 528 g/mol. The molecule has 0 radical (unpaired) electrons. The summed E-state index contributed by atoms with van der Waals surface area (Å²) in [5.41, 5.74) is 0.970. The van der Waals surface area contributed by atoms with Gasteiger partial charge in [0, 0.05) is 29.6 Å². The van der Waals surface area contributed by atoms with Gasteiger partial charge in [-0.1, -0.05) is 29.8 Å². The molecule has 194 valence electrons. The van der Waals surface area contributed by atoms with E-state index in [1.54, 1.807) is 24.3 Å². The summed E-state index contributed by atoms with van der Waals surface area (Å²) in [5.74, 6) is -2.30. The number of para-hydroxylation sites is 1. The first-order valence-corrected chi connectivity index (χ1v) is 13.4. The summed E-state index contributed by atoms with van der Waals surface area (Å²) in [6.07, 6.45) is 3.03. The van der Waals surface area contributed by atoms with Crippen molar-refractivity contribution in [1.82, 2.24) is 10.3 Å². The first-order valence-electron chi connectivity index (χ1n) is 11.1. The van der Waals surface area contributed by atoms with Crippen molar-refractivity contribution >= 4 is 50.8 Å². The van der Waals surface area contributed by atoms with Crippen LogP contribution in [-0.4, -0.2) is 44.2 Å². The first-order chi connectivity index (χ1) is 17.5. The van der Waals surface area contributed by atoms with Crippen molar-refractivity contribution in [3.63, 3.8) is 0 Å². The molecular formula is C24H22ClF2N5O4S. The number of pyridine rings is 1. The number of piperidine rings is 1. The second kappa shape index (κ2) is 10.7. The number of aromatic nitrogens is 1. The average molecular weight is 550 g/mol. The van der Waals surface area contributed by atoms with Crippen LogP contribution in [-0.2, 0) is 14.8 Å². The first kappa shape index (κ1) is 26.3. The van der Waals surface area contributed by atoms with Gasteiger partial charge in [0.05, 0.1) is 17.0 Å². The number of sulfonamides is 1. The molecule has 1 fully saturated rings. The number of urea groups is 1. The summed E-state index contributed by atoms with van der Waals surface area (Å²) in [7, 11) is -3.59. The van der Waals surface area contributed by atoms with E-state index in [9.17, 15) is 22.4 Å². The third-order valence-electron chi connectivity index (χ3n) is 5.56. The molecule has 3 aromatic rings. The molecule has 1 aromatic heterocycles. The maximum atomic E-state index is 15.2. The summed E-state index contributed by atoms with van der Waals surface area (Å²) in [6, 6.07) is 9.79. The fourth-order valence-corrected chi connectivity index (χ4v) is 4.69. The van der Waals surface area contributed by atoms with Crippen LogP contribution in [0.1, 0.15) is 12.8 Å². The van der Waals surface area contributed by atoms with Crippen molar-refractivity contribution in [2.75, 3.05) is 27.7 Å². The minimum absolute atomic E-state index is 0.0648. The van der Waals surface area contributed by atoms with Crippen molar-refractivity contribution in [3.05, 3.63) is 71.4 Å². The van der Waals surface area contributed by atoms with Crippen LogP contribution < -0.4 is 20.3 Å². The molecule has 0 bridgehead atoms. The molecule has 37 heavy (non-hydrogen) atoms. The van der Waals surface area contributed by atoms with Crippen LogP contribution in [0.2, 0.25) is 5.02 Å². The number of carbonyl (C=O) groups is 2. The molecule has 9 nitrogen and oxygen atoms in total. The van der Waals surface area contributed by atoms with Crippen LogP contribution in [0, 0.1) is 11.6 Å². The zero-order valence-corrected chi connectivity index (χ0v) is 21.0. The summed E-state index contributed by atoms with van der Waals surface area (Å²) in [6.45, 7) is 0.303. The second-order valence-corrected chi connectivity index (χ2v) is 10.5. The largest absolute Gasteiger partial charge is 0.326 e. The van der Waals surface area contributed by atoms with Gasteiger partial charge >= 0.3 is 6.03 Å². The van der Waals surface area contributed by atoms with E-state index in [4.69, 9.17) is 11.6 Å². The Morgan fingerprint density at radius 1 is 1.11 bits per heavy atom. The average Bonchev–Trinajstić information content (AvgIpc) is 2.82. The standard InChI is InChI=1S/C24H22ClF2N5O4S/c1-37(35,36)31-20-6-3-2-5-17(20)16-9-8-15(12-18(16)26)32-10-4-7-21(23(32)33)29-24(34)30-22-19(27)11-14(25)13-28-22/h2-3,5-6,8-9,11-13,21,31H,4,7,10H2,1H3,(H2,28,29,30,34)/t21-/m1/s1. The van der Waals surface area contributed by atoms with Gasteiger partial charge in [-0.25, -0.2) is 27.0 Å². The zero-order valence-electron chi connectivity index (χ0n) is 19.5. The lowest BCUT2D eigenvalue weighted by Crippen LogP contribution is -2.53. The molecule has 0 aliphatic carbocycles. The highest BCUT2D eigenvalue weighted by molar-refractivity contribution is 7.92. The molecule has 1 saturated heterocycles. The quantitative estimate of drug-likeness (QED) is 0.422. The highest BCUT2D eigenvalue weighted by Gasteiger charge is 2.31. The third-order valence-corrected chi connectivity index (χ3v) is 6.36. The molecule has 1 aliphatic heterocycles. The SMILES string of the molecule is CS(=O)(=O)Nc1ccccc1-c1ccc(N2CCC[C@@H](NC(=O)Nc3ncc(Cl)cc3F)C2=O)cc1F. The van der Waals surface area contributed by atoms with Gasteiger partial charge in [0.2, 0.25) is 15.9 Å². The van der Waals surface area contributed by atoms with E-state index in [0.717, 1.165) is 12.3 Å². The smallest absolute Gasteiger partial charge is 0.321 e. The number of rotatable bonds is 6. The fraction of sp³-hybridized carbons (Fsp3) is 0.208. The molecule has 13 heteroatoms. The molecule has 4 rings (SSSR count). The fourth-order valence-electron chi connectivity index (χ4n) is 3.97. The van der Waals surface area contributed by atoms with Crippen molar-refractivity contribution in [1.29, 1.82) is 0 Å². The molecule has 2 heterocycles. The highest BCUT2D eigenvalue weighted by atomic mass is 35.5. The molecule has 1 atom stereocenters. The van der Waals surface area contributed by atoms with Crippen molar-refractivity contribution < 1.29 is 26.8 Å². The van der Waals surface area contributed by atoms with Crippen LogP contribution in [0.4, 0.5) is 30.8 Å². The Balaban J connectivity index is 1.50. The van der Waals surface area contributed by atoms with Crippen LogP contribution in [0.15, 0.2) is 54.7 Å². The molecule has 1 aliphatic rings. The van der Waals surface area contributed by atoms with Crippen LogP contribution in [0.5, 0.6) is 0 Å². The van der Waals surface area contributed by atoms with E-state index < -0.39 is 39.6 Å². The molecule has 0 spiro atoms. The monoisotopic (exact) mass is 549 g/mol. The Morgan fingerprint density at radius 2 is 1.86 bits per heavy atom. The molecule has 0 unspecified atom stereocenters. The highest BCUT2D eigenvalue weighted by Crippen LogP contribution is 2.33. The lowest BCUT2D eigenvalue weighted by molar-refractivity contribution is -0.121. The normalized spacial score (nSPS) is 15.8. The third kappa shape index (κ3) is 6.33. The van der Waals surface area contributed by atoms with Crippen molar-refractivity contribution in [3.8, 4) is 11.1 Å². The summed E-state index contributed by atoms with van der Waals surface area (Å²) >= 11 is 5.66. The Bertz CT molecular complexity index is 1470. The second-order valence-electron chi connectivity index (χ2n) is 8.35. The summed E-state index contributed by atoms with van der Waals surface area (Å²) in [4.78, 5) is 30.5. The molecule has 3 N–H and O–H groups in total. The Hall–Kier alpha value is -3.77. The number of nitrogens with one attached hydrogen (secondary N) is 3. The molecule has 3 amide bonds. The van der Waals surface area contributed by atoms with E-state index >= 15 is 4.39 Å². The Labute approximate surface area is 216 Å². The van der Waals surface area contributed by atoms with Gasteiger partial charge in [0.25, 0.3) is 0 Å². The van der Waals surface area contributed by atoms with Crippen molar-refractivity contribution in [2.45, 2.75) is 18.9 Å². The van der Waals surface area contributed by atoms with E-state index in [0.29, 0.717) is 24.9 Å². The maximum absolute atomic E-state index is 15.2. The number of halogens is 3. The number of carbonyl (C=O) groups excluding carboxylic acids is 2.